The Bertz CT molecular complexity index is 560. The minimum absolute atomic E-state index is 0.0830. The SMILES string of the molecule is COc1ccc(C)cc1OBOc1cc(C)ccc1OC. The highest BCUT2D eigenvalue weighted by atomic mass is 16.6. The molecule has 0 aliphatic carbocycles. The predicted molar refractivity (Wildman–Crippen MR) is 83.9 cm³/mol. The number of rotatable bonds is 6. The summed E-state index contributed by atoms with van der Waals surface area (Å²) in [6.45, 7) is 3.99. The van der Waals surface area contributed by atoms with Gasteiger partial charge >= 0.3 is 7.69 Å². The van der Waals surface area contributed by atoms with E-state index in [1.54, 1.807) is 14.2 Å². The first-order valence-electron chi connectivity index (χ1n) is 6.69. The maximum absolute atomic E-state index is 5.65. The Morgan fingerprint density at radius 3 is 1.48 bits per heavy atom. The second-order valence-electron chi connectivity index (χ2n) is 4.72. The first-order chi connectivity index (χ1) is 10.1. The largest absolute Gasteiger partial charge is 0.576 e. The van der Waals surface area contributed by atoms with Gasteiger partial charge in [-0.15, -0.1) is 0 Å². The summed E-state index contributed by atoms with van der Waals surface area (Å²) >= 11 is 0. The Labute approximate surface area is 125 Å². The zero-order chi connectivity index (χ0) is 15.2. The van der Waals surface area contributed by atoms with E-state index in [0.29, 0.717) is 23.0 Å². The van der Waals surface area contributed by atoms with Gasteiger partial charge in [-0.2, -0.15) is 0 Å². The van der Waals surface area contributed by atoms with E-state index in [1.807, 2.05) is 50.2 Å². The number of benzene rings is 2. The minimum atomic E-state index is 0.0830. The molecule has 0 spiro atoms. The Morgan fingerprint density at radius 1 is 0.667 bits per heavy atom. The summed E-state index contributed by atoms with van der Waals surface area (Å²) in [7, 11) is 3.31. The average Bonchev–Trinajstić information content (AvgIpc) is 2.48. The number of methoxy groups -OCH3 is 2. The molecule has 0 heterocycles. The molecule has 0 unspecified atom stereocenters. The lowest BCUT2D eigenvalue weighted by Gasteiger charge is -2.13. The third kappa shape index (κ3) is 3.84. The summed E-state index contributed by atoms with van der Waals surface area (Å²) in [6.07, 6.45) is 0. The van der Waals surface area contributed by atoms with Crippen molar-refractivity contribution in [2.24, 2.45) is 0 Å². The van der Waals surface area contributed by atoms with Crippen molar-refractivity contribution in [3.63, 3.8) is 0 Å². The summed E-state index contributed by atoms with van der Waals surface area (Å²) < 4.78 is 21.8. The third-order valence-electron chi connectivity index (χ3n) is 3.07. The van der Waals surface area contributed by atoms with Crippen LogP contribution in [-0.2, 0) is 0 Å². The van der Waals surface area contributed by atoms with Crippen LogP contribution in [0.25, 0.3) is 0 Å². The van der Waals surface area contributed by atoms with E-state index >= 15 is 0 Å². The summed E-state index contributed by atoms with van der Waals surface area (Å²) in [5.74, 6) is 2.68. The number of aryl methyl sites for hydroxylation is 2. The van der Waals surface area contributed by atoms with Crippen molar-refractivity contribution < 1.29 is 18.8 Å². The van der Waals surface area contributed by atoms with Crippen LogP contribution in [0.5, 0.6) is 23.0 Å². The van der Waals surface area contributed by atoms with Gasteiger partial charge in [-0.05, 0) is 49.2 Å². The highest BCUT2D eigenvalue weighted by Gasteiger charge is 2.09. The van der Waals surface area contributed by atoms with Gasteiger partial charge in [0, 0.05) is 0 Å². The lowest BCUT2D eigenvalue weighted by molar-refractivity contribution is 0.370. The van der Waals surface area contributed by atoms with E-state index < -0.39 is 0 Å². The molecule has 110 valence electrons. The van der Waals surface area contributed by atoms with Gasteiger partial charge in [0.05, 0.1) is 14.2 Å². The van der Waals surface area contributed by atoms with Crippen LogP contribution in [0.2, 0.25) is 0 Å². The van der Waals surface area contributed by atoms with Crippen LogP contribution in [0.3, 0.4) is 0 Å². The fourth-order valence-electron chi connectivity index (χ4n) is 1.95. The van der Waals surface area contributed by atoms with Crippen molar-refractivity contribution in [2.45, 2.75) is 13.8 Å². The van der Waals surface area contributed by atoms with Crippen molar-refractivity contribution in [1.82, 2.24) is 0 Å². The molecule has 0 aliphatic heterocycles. The molecule has 0 bridgehead atoms. The summed E-state index contributed by atoms with van der Waals surface area (Å²) in [5.41, 5.74) is 2.19. The highest BCUT2D eigenvalue weighted by Crippen LogP contribution is 2.29. The minimum Gasteiger partial charge on any atom is -0.526 e. The molecule has 0 aliphatic rings. The second kappa shape index (κ2) is 6.93. The molecule has 2 aromatic carbocycles. The van der Waals surface area contributed by atoms with E-state index in [9.17, 15) is 0 Å². The first kappa shape index (κ1) is 15.1. The standard InChI is InChI=1S/C16H19BO4/c1-11-5-7-13(18-3)15(9-11)20-17-21-16-10-12(2)6-8-14(16)19-4/h5-10,17H,1-4H3. The Kier molecular flexibility index (Phi) is 4.98. The van der Waals surface area contributed by atoms with Crippen LogP contribution >= 0.6 is 0 Å². The molecule has 2 aromatic rings. The zero-order valence-electron chi connectivity index (χ0n) is 12.8. The molecule has 0 N–H and O–H groups in total. The smallest absolute Gasteiger partial charge is 0.526 e. The molecule has 0 saturated carbocycles. The molecule has 0 aromatic heterocycles. The molecular formula is C16H19BO4. The monoisotopic (exact) mass is 286 g/mol. The van der Waals surface area contributed by atoms with Gasteiger partial charge in [0.25, 0.3) is 0 Å². The zero-order valence-corrected chi connectivity index (χ0v) is 12.8. The maximum atomic E-state index is 5.65. The molecule has 4 nitrogen and oxygen atoms in total. The van der Waals surface area contributed by atoms with Gasteiger partial charge < -0.3 is 18.8 Å². The number of hydrogen-bond donors (Lipinski definition) is 0. The van der Waals surface area contributed by atoms with Crippen LogP contribution in [0.1, 0.15) is 11.1 Å². The van der Waals surface area contributed by atoms with Crippen LogP contribution in [0, 0.1) is 13.8 Å². The van der Waals surface area contributed by atoms with Gasteiger partial charge in [-0.1, -0.05) is 12.1 Å². The lowest BCUT2D eigenvalue weighted by atomic mass is 10.2. The molecule has 0 fully saturated rings. The molecule has 0 amide bonds. The third-order valence-corrected chi connectivity index (χ3v) is 3.07. The van der Waals surface area contributed by atoms with Crippen LogP contribution < -0.4 is 18.8 Å². The van der Waals surface area contributed by atoms with Crippen molar-refractivity contribution >= 4 is 7.69 Å². The van der Waals surface area contributed by atoms with E-state index in [0.717, 1.165) is 11.1 Å². The van der Waals surface area contributed by atoms with Gasteiger partial charge in [0.15, 0.2) is 11.5 Å². The second-order valence-corrected chi connectivity index (χ2v) is 4.72. The Balaban J connectivity index is 2.05. The molecule has 0 atom stereocenters. The van der Waals surface area contributed by atoms with Crippen LogP contribution in [0.15, 0.2) is 36.4 Å². The van der Waals surface area contributed by atoms with Crippen LogP contribution in [-0.4, -0.2) is 21.9 Å². The summed E-state index contributed by atoms with van der Waals surface area (Å²) in [5, 5.41) is 0. The van der Waals surface area contributed by atoms with Crippen molar-refractivity contribution in [1.29, 1.82) is 0 Å². The van der Waals surface area contributed by atoms with Crippen molar-refractivity contribution in [2.75, 3.05) is 14.2 Å². The van der Waals surface area contributed by atoms with Crippen molar-refractivity contribution in [3.05, 3.63) is 47.5 Å². The fourth-order valence-corrected chi connectivity index (χ4v) is 1.95. The van der Waals surface area contributed by atoms with Crippen LogP contribution in [0.4, 0.5) is 0 Å². The van der Waals surface area contributed by atoms with E-state index in [1.165, 1.54) is 0 Å². The Morgan fingerprint density at radius 2 is 1.10 bits per heavy atom. The van der Waals surface area contributed by atoms with Crippen molar-refractivity contribution in [3.8, 4) is 23.0 Å². The topological polar surface area (TPSA) is 36.9 Å². The molecule has 0 radical (unpaired) electrons. The first-order valence-corrected chi connectivity index (χ1v) is 6.69. The normalized spacial score (nSPS) is 9.90. The summed E-state index contributed by atoms with van der Waals surface area (Å²) in [4.78, 5) is 0. The fraction of sp³-hybridized carbons (Fsp3) is 0.250. The van der Waals surface area contributed by atoms with Gasteiger partial charge in [-0.3, -0.25) is 0 Å². The molecule has 21 heavy (non-hydrogen) atoms. The van der Waals surface area contributed by atoms with Gasteiger partial charge in [0.2, 0.25) is 0 Å². The van der Waals surface area contributed by atoms with E-state index in [2.05, 4.69) is 0 Å². The highest BCUT2D eigenvalue weighted by molar-refractivity contribution is 6.21. The summed E-state index contributed by atoms with van der Waals surface area (Å²) in [6, 6.07) is 11.5. The molecule has 2 rings (SSSR count). The quantitative estimate of drug-likeness (QED) is 0.765. The molecule has 0 saturated heterocycles. The van der Waals surface area contributed by atoms with Gasteiger partial charge in [-0.25, -0.2) is 0 Å². The van der Waals surface area contributed by atoms with Gasteiger partial charge in [0.1, 0.15) is 11.5 Å². The maximum Gasteiger partial charge on any atom is 0.576 e. The van der Waals surface area contributed by atoms with E-state index in [4.69, 9.17) is 18.8 Å². The number of ether oxygens (including phenoxy) is 2. The lowest BCUT2D eigenvalue weighted by Crippen LogP contribution is -2.12. The number of hydrogen-bond acceptors (Lipinski definition) is 4. The predicted octanol–water partition coefficient (Wildman–Crippen LogP) is 3.04. The average molecular weight is 286 g/mol. The molecule has 5 heteroatoms. The Hall–Kier alpha value is -2.30. The molecular weight excluding hydrogens is 267 g/mol. The van der Waals surface area contributed by atoms with E-state index in [-0.39, 0.29) is 7.69 Å².